The van der Waals surface area contributed by atoms with Gasteiger partial charge in [-0.3, -0.25) is 9.79 Å². The number of amides is 1. The van der Waals surface area contributed by atoms with Gasteiger partial charge in [0, 0.05) is 31.7 Å². The van der Waals surface area contributed by atoms with Gasteiger partial charge >= 0.3 is 0 Å². The molecule has 2 unspecified atom stereocenters. The van der Waals surface area contributed by atoms with E-state index in [-0.39, 0.29) is 35.8 Å². The van der Waals surface area contributed by atoms with Gasteiger partial charge in [-0.25, -0.2) is 0 Å². The Hall–Kier alpha value is -1.61. The van der Waals surface area contributed by atoms with Crippen molar-refractivity contribution >= 4 is 52.9 Å². The van der Waals surface area contributed by atoms with Crippen molar-refractivity contribution in [3.8, 4) is 0 Å². The lowest BCUT2D eigenvalue weighted by Gasteiger charge is -2.16. The Labute approximate surface area is 189 Å². The van der Waals surface area contributed by atoms with E-state index < -0.39 is 0 Å². The number of thiophene rings is 1. The summed E-state index contributed by atoms with van der Waals surface area (Å²) in [5, 5.41) is 14.0. The Morgan fingerprint density at radius 3 is 2.64 bits per heavy atom. The Bertz CT molecular complexity index is 749. The molecule has 0 spiro atoms. The summed E-state index contributed by atoms with van der Waals surface area (Å²) in [5.41, 5.74) is 3.26. The maximum Gasteiger partial charge on any atom is 0.227 e. The largest absolute Gasteiger partial charge is 0.356 e. The molecule has 7 heteroatoms. The van der Waals surface area contributed by atoms with Gasteiger partial charge in [-0.15, -0.1) is 24.0 Å². The fraction of sp³-hybridized carbons (Fsp3) is 0.429. The monoisotopic (exact) mass is 514 g/mol. The van der Waals surface area contributed by atoms with Crippen LogP contribution in [0.25, 0.3) is 0 Å². The zero-order valence-corrected chi connectivity index (χ0v) is 20.1. The Balaban J connectivity index is 0.00000392. The number of nitrogens with zero attached hydrogens (tertiary/aromatic N) is 1. The standard InChI is InChI=1S/C21H30N4OS.HI/c1-5-15(2)20(26)25-19-8-6-7-17(11-19)13-24-21(22-4)23-12-16(3)18-9-10-27-14-18;/h6-11,14-16H,5,12-13H2,1-4H3,(H,25,26)(H2,22,23,24);1H. The molecule has 5 nitrogen and oxygen atoms in total. The van der Waals surface area contributed by atoms with E-state index in [2.05, 4.69) is 44.7 Å². The minimum absolute atomic E-state index is 0. The molecule has 1 aromatic carbocycles. The molecule has 1 amide bonds. The van der Waals surface area contributed by atoms with E-state index in [1.54, 1.807) is 18.4 Å². The molecule has 28 heavy (non-hydrogen) atoms. The van der Waals surface area contributed by atoms with E-state index in [1.165, 1.54) is 5.56 Å². The highest BCUT2D eigenvalue weighted by molar-refractivity contribution is 14.0. The molecular weight excluding hydrogens is 483 g/mol. The van der Waals surface area contributed by atoms with Gasteiger partial charge in [0.15, 0.2) is 5.96 Å². The lowest BCUT2D eigenvalue weighted by Crippen LogP contribution is -2.38. The minimum Gasteiger partial charge on any atom is -0.356 e. The third kappa shape index (κ3) is 7.79. The van der Waals surface area contributed by atoms with Crippen LogP contribution in [0.15, 0.2) is 46.1 Å². The highest BCUT2D eigenvalue weighted by Crippen LogP contribution is 2.17. The number of carbonyl (C=O) groups excluding carboxylic acids is 1. The van der Waals surface area contributed by atoms with Crippen molar-refractivity contribution in [1.29, 1.82) is 0 Å². The first kappa shape index (κ1) is 24.4. The van der Waals surface area contributed by atoms with Crippen molar-refractivity contribution in [3.05, 3.63) is 52.2 Å². The number of hydrogen-bond donors (Lipinski definition) is 3. The average Bonchev–Trinajstić information content (AvgIpc) is 3.22. The van der Waals surface area contributed by atoms with Crippen LogP contribution < -0.4 is 16.0 Å². The molecule has 0 radical (unpaired) electrons. The van der Waals surface area contributed by atoms with Gasteiger partial charge in [0.25, 0.3) is 0 Å². The number of guanidine groups is 1. The van der Waals surface area contributed by atoms with Crippen molar-refractivity contribution in [2.24, 2.45) is 10.9 Å². The van der Waals surface area contributed by atoms with E-state index in [0.717, 1.165) is 30.2 Å². The number of aliphatic imine (C=N–C) groups is 1. The molecular formula is C21H31IN4OS. The van der Waals surface area contributed by atoms with Gasteiger partial charge in [-0.05, 0) is 52.4 Å². The average molecular weight is 514 g/mol. The quantitative estimate of drug-likeness (QED) is 0.269. The summed E-state index contributed by atoms with van der Waals surface area (Å²) in [6.07, 6.45) is 0.832. The van der Waals surface area contributed by atoms with E-state index in [9.17, 15) is 4.79 Å². The predicted molar refractivity (Wildman–Crippen MR) is 131 cm³/mol. The van der Waals surface area contributed by atoms with E-state index in [0.29, 0.717) is 12.5 Å². The van der Waals surface area contributed by atoms with Crippen LogP contribution in [0.3, 0.4) is 0 Å². The maximum atomic E-state index is 12.1. The lowest BCUT2D eigenvalue weighted by molar-refractivity contribution is -0.119. The number of rotatable bonds is 8. The zero-order chi connectivity index (χ0) is 19.6. The van der Waals surface area contributed by atoms with Crippen LogP contribution >= 0.6 is 35.3 Å². The fourth-order valence-corrected chi connectivity index (χ4v) is 3.32. The minimum atomic E-state index is 0. The number of carbonyl (C=O) groups is 1. The summed E-state index contributed by atoms with van der Waals surface area (Å²) in [7, 11) is 1.77. The van der Waals surface area contributed by atoms with Crippen LogP contribution in [-0.2, 0) is 11.3 Å². The van der Waals surface area contributed by atoms with Crippen molar-refractivity contribution in [1.82, 2.24) is 10.6 Å². The smallest absolute Gasteiger partial charge is 0.227 e. The Morgan fingerprint density at radius 1 is 1.21 bits per heavy atom. The molecule has 0 aliphatic carbocycles. The van der Waals surface area contributed by atoms with Crippen LogP contribution in [0.2, 0.25) is 0 Å². The second-order valence-electron chi connectivity index (χ2n) is 6.76. The van der Waals surface area contributed by atoms with Crippen molar-refractivity contribution in [3.63, 3.8) is 0 Å². The van der Waals surface area contributed by atoms with Gasteiger partial charge in [-0.2, -0.15) is 11.3 Å². The first-order valence-corrected chi connectivity index (χ1v) is 10.3. The van der Waals surface area contributed by atoms with Crippen molar-refractivity contribution in [2.75, 3.05) is 18.9 Å². The maximum absolute atomic E-state index is 12.1. The molecule has 0 aliphatic heterocycles. The number of halogens is 1. The normalized spacial score (nSPS) is 13.2. The molecule has 154 valence electrons. The molecule has 0 fully saturated rings. The third-order valence-electron chi connectivity index (χ3n) is 4.63. The van der Waals surface area contributed by atoms with Crippen LogP contribution in [0, 0.1) is 5.92 Å². The zero-order valence-electron chi connectivity index (χ0n) is 17.0. The second kappa shape index (κ2) is 12.8. The predicted octanol–water partition coefficient (Wildman–Crippen LogP) is 4.82. The van der Waals surface area contributed by atoms with Crippen LogP contribution in [0.5, 0.6) is 0 Å². The molecule has 1 aromatic heterocycles. The van der Waals surface area contributed by atoms with Crippen molar-refractivity contribution < 1.29 is 4.79 Å². The first-order chi connectivity index (χ1) is 13.0. The van der Waals surface area contributed by atoms with Gasteiger partial charge in [0.05, 0.1) is 0 Å². The number of hydrogen-bond acceptors (Lipinski definition) is 3. The third-order valence-corrected chi connectivity index (χ3v) is 5.33. The molecule has 0 bridgehead atoms. The highest BCUT2D eigenvalue weighted by Gasteiger charge is 2.11. The SMILES string of the molecule is CCC(C)C(=O)Nc1cccc(CNC(=NC)NCC(C)c2ccsc2)c1.I. The highest BCUT2D eigenvalue weighted by atomic mass is 127. The van der Waals surface area contributed by atoms with Crippen LogP contribution in [0.4, 0.5) is 5.69 Å². The van der Waals surface area contributed by atoms with E-state index in [4.69, 9.17) is 0 Å². The van der Waals surface area contributed by atoms with Gasteiger partial charge in [0.1, 0.15) is 0 Å². The van der Waals surface area contributed by atoms with Crippen LogP contribution in [-0.4, -0.2) is 25.5 Å². The molecule has 2 aromatic rings. The number of benzene rings is 1. The second-order valence-corrected chi connectivity index (χ2v) is 7.54. The summed E-state index contributed by atoms with van der Waals surface area (Å²) in [6, 6.07) is 10.1. The molecule has 2 rings (SSSR count). The molecule has 3 N–H and O–H groups in total. The molecule has 0 saturated heterocycles. The van der Waals surface area contributed by atoms with Crippen LogP contribution in [0.1, 0.15) is 44.2 Å². The summed E-state index contributed by atoms with van der Waals surface area (Å²) in [6.45, 7) is 7.61. The Kier molecular flexibility index (Phi) is 11.1. The first-order valence-electron chi connectivity index (χ1n) is 9.39. The number of anilines is 1. The van der Waals surface area contributed by atoms with Crippen molar-refractivity contribution in [2.45, 2.75) is 39.7 Å². The van der Waals surface area contributed by atoms with E-state index >= 15 is 0 Å². The van der Waals surface area contributed by atoms with E-state index in [1.807, 2.05) is 38.1 Å². The lowest BCUT2D eigenvalue weighted by atomic mass is 10.1. The van der Waals surface area contributed by atoms with Gasteiger partial charge in [0.2, 0.25) is 5.91 Å². The van der Waals surface area contributed by atoms with Gasteiger partial charge < -0.3 is 16.0 Å². The summed E-state index contributed by atoms with van der Waals surface area (Å²) in [5.74, 6) is 1.27. The molecule has 0 saturated carbocycles. The number of nitrogens with one attached hydrogen (secondary N) is 3. The molecule has 2 atom stereocenters. The summed E-state index contributed by atoms with van der Waals surface area (Å²) >= 11 is 1.72. The fourth-order valence-electron chi connectivity index (χ4n) is 2.54. The molecule has 1 heterocycles. The topological polar surface area (TPSA) is 65.5 Å². The molecule has 0 aliphatic rings. The summed E-state index contributed by atoms with van der Waals surface area (Å²) in [4.78, 5) is 16.3. The summed E-state index contributed by atoms with van der Waals surface area (Å²) < 4.78 is 0. The Morgan fingerprint density at radius 2 is 2.00 bits per heavy atom. The van der Waals surface area contributed by atoms with Gasteiger partial charge in [-0.1, -0.05) is 32.9 Å².